The number of aliphatic hydroxyl groups is 2. The van der Waals surface area contributed by atoms with Crippen molar-refractivity contribution in [3.05, 3.63) is 6.33 Å². The Balaban J connectivity index is 1.64. The van der Waals surface area contributed by atoms with Crippen LogP contribution in [0.15, 0.2) is 6.33 Å². The first-order valence-electron chi connectivity index (χ1n) is 8.86. The number of nitrogens with two attached hydrogens (primary N) is 1. The van der Waals surface area contributed by atoms with Crippen LogP contribution in [0.2, 0.25) is 0 Å². The quantitative estimate of drug-likeness (QED) is 0.638. The molecular weight excluding hydrogens is 324 g/mol. The van der Waals surface area contributed by atoms with Gasteiger partial charge >= 0.3 is 0 Å². The smallest absolute Gasteiger partial charge is 0.224 e. The van der Waals surface area contributed by atoms with Gasteiger partial charge in [-0.2, -0.15) is 9.97 Å². The molecule has 1 aliphatic carbocycles. The summed E-state index contributed by atoms with van der Waals surface area (Å²) in [6, 6.07) is 0.375. The third kappa shape index (κ3) is 3.14. The predicted molar refractivity (Wildman–Crippen MR) is 91.9 cm³/mol. The van der Waals surface area contributed by atoms with Crippen molar-refractivity contribution in [1.29, 1.82) is 0 Å². The van der Waals surface area contributed by atoms with E-state index in [-0.39, 0.29) is 12.6 Å². The second-order valence-electron chi connectivity index (χ2n) is 6.85. The van der Waals surface area contributed by atoms with E-state index < -0.39 is 18.4 Å². The molecule has 2 fully saturated rings. The van der Waals surface area contributed by atoms with E-state index in [1.165, 1.54) is 19.3 Å². The number of nitrogen functional groups attached to an aromatic ring is 1. The highest BCUT2D eigenvalue weighted by molar-refractivity contribution is 5.84. The van der Waals surface area contributed by atoms with Crippen LogP contribution >= 0.6 is 0 Å². The van der Waals surface area contributed by atoms with Crippen molar-refractivity contribution in [2.24, 2.45) is 0 Å². The van der Waals surface area contributed by atoms with Gasteiger partial charge in [0.2, 0.25) is 5.95 Å². The molecular formula is C16H24N6O3. The highest BCUT2D eigenvalue weighted by Gasteiger charge is 2.35. The lowest BCUT2D eigenvalue weighted by Gasteiger charge is -2.23. The van der Waals surface area contributed by atoms with E-state index in [1.807, 2.05) is 0 Å². The lowest BCUT2D eigenvalue weighted by atomic mass is 9.95. The van der Waals surface area contributed by atoms with Crippen LogP contribution in [0.4, 0.5) is 11.8 Å². The van der Waals surface area contributed by atoms with Crippen LogP contribution in [-0.4, -0.2) is 54.6 Å². The van der Waals surface area contributed by atoms with Crippen LogP contribution in [0, 0.1) is 0 Å². The fraction of sp³-hybridized carbons (Fsp3) is 0.688. The van der Waals surface area contributed by atoms with Gasteiger partial charge in [-0.05, 0) is 12.8 Å². The molecule has 1 saturated carbocycles. The van der Waals surface area contributed by atoms with Gasteiger partial charge < -0.3 is 26.0 Å². The number of aliphatic hydroxyl groups excluding tert-OH is 2. The number of imidazole rings is 1. The number of hydrogen-bond donors (Lipinski definition) is 4. The number of nitrogens with zero attached hydrogens (tertiary/aromatic N) is 4. The Labute approximate surface area is 145 Å². The maximum atomic E-state index is 9.97. The number of rotatable bonds is 4. The SMILES string of the molecule is Nc1nc(NC2CCCCC2)c2ncn([C@H]3C[C@H](O)[C@@H](CO)O3)c2n1. The Morgan fingerprint density at radius 3 is 2.80 bits per heavy atom. The highest BCUT2D eigenvalue weighted by atomic mass is 16.5. The van der Waals surface area contributed by atoms with Crippen LogP contribution in [-0.2, 0) is 4.74 Å². The van der Waals surface area contributed by atoms with E-state index in [9.17, 15) is 10.2 Å². The molecule has 1 saturated heterocycles. The van der Waals surface area contributed by atoms with E-state index in [0.29, 0.717) is 29.4 Å². The molecule has 25 heavy (non-hydrogen) atoms. The summed E-state index contributed by atoms with van der Waals surface area (Å²) in [4.78, 5) is 13.1. The number of hydrogen-bond acceptors (Lipinski definition) is 8. The standard InChI is InChI=1S/C16H24N6O3/c17-16-20-14(19-9-4-2-1-3-5-9)13-15(21-16)22(8-18-13)12-6-10(24)11(7-23)25-12/h8-12,23-24H,1-7H2,(H3,17,19,20,21)/t10-,11+,12+/m0/s1. The molecule has 2 aromatic heterocycles. The second kappa shape index (κ2) is 6.74. The van der Waals surface area contributed by atoms with Crippen LogP contribution in [0.1, 0.15) is 44.8 Å². The molecule has 136 valence electrons. The number of anilines is 2. The molecule has 5 N–H and O–H groups in total. The minimum Gasteiger partial charge on any atom is -0.394 e. The summed E-state index contributed by atoms with van der Waals surface area (Å²) in [5.74, 6) is 0.815. The van der Waals surface area contributed by atoms with E-state index in [1.54, 1.807) is 10.9 Å². The fourth-order valence-corrected chi connectivity index (χ4v) is 3.74. The van der Waals surface area contributed by atoms with Gasteiger partial charge in [-0.15, -0.1) is 0 Å². The molecule has 0 spiro atoms. The average Bonchev–Trinajstić information content (AvgIpc) is 3.18. The van der Waals surface area contributed by atoms with Crippen LogP contribution < -0.4 is 11.1 Å². The maximum Gasteiger partial charge on any atom is 0.224 e. The molecule has 2 aliphatic rings. The summed E-state index contributed by atoms with van der Waals surface area (Å²) in [5.41, 5.74) is 7.12. The van der Waals surface area contributed by atoms with Crippen molar-refractivity contribution in [2.75, 3.05) is 17.7 Å². The van der Waals surface area contributed by atoms with Crippen molar-refractivity contribution < 1.29 is 14.9 Å². The van der Waals surface area contributed by atoms with Crippen molar-refractivity contribution in [1.82, 2.24) is 19.5 Å². The topological polar surface area (TPSA) is 131 Å². The van der Waals surface area contributed by atoms with E-state index >= 15 is 0 Å². The summed E-state index contributed by atoms with van der Waals surface area (Å²) in [5, 5.41) is 22.7. The molecule has 3 heterocycles. The molecule has 2 aromatic rings. The Morgan fingerprint density at radius 2 is 2.08 bits per heavy atom. The largest absolute Gasteiger partial charge is 0.394 e. The predicted octanol–water partition coefficient (Wildman–Crippen LogP) is 0.794. The van der Waals surface area contributed by atoms with Gasteiger partial charge in [0, 0.05) is 12.5 Å². The van der Waals surface area contributed by atoms with Crippen LogP contribution in [0.25, 0.3) is 11.2 Å². The summed E-state index contributed by atoms with van der Waals surface area (Å²) in [7, 11) is 0. The summed E-state index contributed by atoms with van der Waals surface area (Å²) < 4.78 is 7.45. The van der Waals surface area contributed by atoms with E-state index in [2.05, 4.69) is 20.3 Å². The zero-order chi connectivity index (χ0) is 17.4. The number of fused-ring (bicyclic) bond motifs is 1. The summed E-state index contributed by atoms with van der Waals surface area (Å²) in [6.07, 6.45) is 6.18. The Kier molecular flexibility index (Phi) is 4.45. The molecule has 0 amide bonds. The lowest BCUT2D eigenvalue weighted by molar-refractivity contribution is -0.0432. The fourth-order valence-electron chi connectivity index (χ4n) is 3.74. The van der Waals surface area contributed by atoms with Crippen LogP contribution in [0.5, 0.6) is 0 Å². The first kappa shape index (κ1) is 16.5. The monoisotopic (exact) mass is 348 g/mol. The van der Waals surface area contributed by atoms with E-state index in [4.69, 9.17) is 10.5 Å². The average molecular weight is 348 g/mol. The van der Waals surface area contributed by atoms with E-state index in [0.717, 1.165) is 12.8 Å². The molecule has 0 radical (unpaired) electrons. The number of nitrogens with one attached hydrogen (secondary N) is 1. The Hall–Kier alpha value is -1.97. The number of ether oxygens (including phenoxy) is 1. The van der Waals surface area contributed by atoms with Gasteiger partial charge in [-0.1, -0.05) is 19.3 Å². The van der Waals surface area contributed by atoms with Crippen molar-refractivity contribution in [3.8, 4) is 0 Å². The van der Waals surface area contributed by atoms with Crippen molar-refractivity contribution >= 4 is 22.9 Å². The van der Waals surface area contributed by atoms with Gasteiger partial charge in [0.15, 0.2) is 17.0 Å². The maximum absolute atomic E-state index is 9.97. The molecule has 4 rings (SSSR count). The summed E-state index contributed by atoms with van der Waals surface area (Å²) in [6.45, 7) is -0.226. The molecule has 9 nitrogen and oxygen atoms in total. The second-order valence-corrected chi connectivity index (χ2v) is 6.85. The molecule has 3 atom stereocenters. The molecule has 0 bridgehead atoms. The molecule has 9 heteroatoms. The van der Waals surface area contributed by atoms with Gasteiger partial charge in [0.05, 0.1) is 19.0 Å². The first-order valence-corrected chi connectivity index (χ1v) is 8.86. The molecule has 0 aromatic carbocycles. The van der Waals surface area contributed by atoms with Crippen LogP contribution in [0.3, 0.4) is 0 Å². The number of aromatic nitrogens is 4. The zero-order valence-electron chi connectivity index (χ0n) is 14.0. The van der Waals surface area contributed by atoms with Gasteiger partial charge in [0.25, 0.3) is 0 Å². The van der Waals surface area contributed by atoms with Gasteiger partial charge in [0.1, 0.15) is 12.3 Å². The van der Waals surface area contributed by atoms with Gasteiger partial charge in [-0.25, -0.2) is 4.98 Å². The third-order valence-corrected chi connectivity index (χ3v) is 5.08. The highest BCUT2D eigenvalue weighted by Crippen LogP contribution is 2.32. The minimum absolute atomic E-state index is 0.171. The lowest BCUT2D eigenvalue weighted by Crippen LogP contribution is -2.24. The summed E-state index contributed by atoms with van der Waals surface area (Å²) >= 11 is 0. The van der Waals surface area contributed by atoms with Gasteiger partial charge in [-0.3, -0.25) is 4.57 Å². The third-order valence-electron chi connectivity index (χ3n) is 5.08. The first-order chi connectivity index (χ1) is 12.2. The normalized spacial score (nSPS) is 27.8. The Bertz CT molecular complexity index is 745. The molecule has 0 unspecified atom stereocenters. The van der Waals surface area contributed by atoms with Crippen molar-refractivity contribution in [2.45, 2.75) is 63.0 Å². The zero-order valence-corrected chi connectivity index (χ0v) is 14.0. The van der Waals surface area contributed by atoms with Crippen molar-refractivity contribution in [3.63, 3.8) is 0 Å². The Morgan fingerprint density at radius 1 is 1.28 bits per heavy atom. The molecule has 1 aliphatic heterocycles. The minimum atomic E-state index is -0.716.